The highest BCUT2D eigenvalue weighted by atomic mass is 16.5. The van der Waals surface area contributed by atoms with Gasteiger partial charge in [0.25, 0.3) is 0 Å². The Labute approximate surface area is 126 Å². The van der Waals surface area contributed by atoms with Crippen molar-refractivity contribution in [2.45, 2.75) is 69.7 Å². The standard InChI is InChI=1S/C16H27N3O2/c1-2-17-14-7-5-3-4-6-13(14)16-18-15(19-21-16)12-8-10-20-11-9-12/h12-14,17H,2-11H2,1H3. The van der Waals surface area contributed by atoms with Gasteiger partial charge in [0, 0.05) is 25.2 Å². The van der Waals surface area contributed by atoms with Crippen molar-refractivity contribution in [3.8, 4) is 0 Å². The number of ether oxygens (including phenoxy) is 1. The van der Waals surface area contributed by atoms with Crippen LogP contribution in [-0.2, 0) is 4.74 Å². The monoisotopic (exact) mass is 293 g/mol. The van der Waals surface area contributed by atoms with Crippen molar-refractivity contribution < 1.29 is 9.26 Å². The fourth-order valence-electron chi connectivity index (χ4n) is 3.63. The fraction of sp³-hybridized carbons (Fsp3) is 0.875. The van der Waals surface area contributed by atoms with Gasteiger partial charge in [0.15, 0.2) is 5.82 Å². The summed E-state index contributed by atoms with van der Waals surface area (Å²) in [7, 11) is 0. The fourth-order valence-corrected chi connectivity index (χ4v) is 3.63. The molecule has 5 heteroatoms. The lowest BCUT2D eigenvalue weighted by molar-refractivity contribution is 0.0830. The van der Waals surface area contributed by atoms with E-state index in [1.807, 2.05) is 0 Å². The number of hydrogen-bond acceptors (Lipinski definition) is 5. The van der Waals surface area contributed by atoms with Crippen molar-refractivity contribution in [3.05, 3.63) is 11.7 Å². The summed E-state index contributed by atoms with van der Waals surface area (Å²) in [4.78, 5) is 4.76. The Balaban J connectivity index is 1.72. The summed E-state index contributed by atoms with van der Waals surface area (Å²) in [6.45, 7) is 4.81. The second kappa shape index (κ2) is 7.36. The van der Waals surface area contributed by atoms with Gasteiger partial charge in [-0.25, -0.2) is 0 Å². The predicted octanol–water partition coefficient (Wildman–Crippen LogP) is 2.99. The highest BCUT2D eigenvalue weighted by molar-refractivity contribution is 5.04. The number of likely N-dealkylation sites (N-methyl/N-ethyl adjacent to an activating group) is 1. The van der Waals surface area contributed by atoms with Crippen LogP contribution in [0.3, 0.4) is 0 Å². The summed E-state index contributed by atoms with van der Waals surface area (Å²) < 4.78 is 11.1. The molecule has 3 rings (SSSR count). The summed E-state index contributed by atoms with van der Waals surface area (Å²) in [6, 6.07) is 0.487. The van der Waals surface area contributed by atoms with E-state index in [2.05, 4.69) is 17.4 Å². The van der Waals surface area contributed by atoms with Crippen LogP contribution in [0.15, 0.2) is 4.52 Å². The molecule has 2 heterocycles. The van der Waals surface area contributed by atoms with Crippen LogP contribution in [0.4, 0.5) is 0 Å². The Bertz CT molecular complexity index is 429. The average molecular weight is 293 g/mol. The Morgan fingerprint density at radius 1 is 1.10 bits per heavy atom. The maximum absolute atomic E-state index is 5.65. The van der Waals surface area contributed by atoms with Crippen molar-refractivity contribution >= 4 is 0 Å². The molecule has 2 unspecified atom stereocenters. The molecule has 0 bridgehead atoms. The Hall–Kier alpha value is -0.940. The number of hydrogen-bond donors (Lipinski definition) is 1. The van der Waals surface area contributed by atoms with Crippen LogP contribution >= 0.6 is 0 Å². The quantitative estimate of drug-likeness (QED) is 0.865. The molecule has 1 saturated heterocycles. The van der Waals surface area contributed by atoms with E-state index in [0.29, 0.717) is 17.9 Å². The highest BCUT2D eigenvalue weighted by Crippen LogP contribution is 2.33. The van der Waals surface area contributed by atoms with E-state index in [9.17, 15) is 0 Å². The van der Waals surface area contributed by atoms with E-state index in [1.54, 1.807) is 0 Å². The van der Waals surface area contributed by atoms with E-state index in [4.69, 9.17) is 14.2 Å². The first kappa shape index (κ1) is 15.0. The maximum Gasteiger partial charge on any atom is 0.231 e. The average Bonchev–Trinajstić information content (AvgIpc) is 2.90. The molecule has 5 nitrogen and oxygen atoms in total. The third-order valence-corrected chi connectivity index (χ3v) is 4.84. The Kier molecular flexibility index (Phi) is 5.25. The highest BCUT2D eigenvalue weighted by Gasteiger charge is 2.30. The lowest BCUT2D eigenvalue weighted by Crippen LogP contribution is -2.34. The second-order valence-corrected chi connectivity index (χ2v) is 6.29. The minimum Gasteiger partial charge on any atom is -0.381 e. The molecule has 1 N–H and O–H groups in total. The molecule has 1 aromatic heterocycles. The first-order valence-corrected chi connectivity index (χ1v) is 8.53. The topological polar surface area (TPSA) is 60.2 Å². The summed E-state index contributed by atoms with van der Waals surface area (Å²) in [6.07, 6.45) is 8.29. The Morgan fingerprint density at radius 3 is 2.71 bits per heavy atom. The van der Waals surface area contributed by atoms with Gasteiger partial charge in [-0.1, -0.05) is 31.3 Å². The molecule has 0 spiro atoms. The predicted molar refractivity (Wildman–Crippen MR) is 80.4 cm³/mol. The van der Waals surface area contributed by atoms with Crippen LogP contribution in [0.1, 0.15) is 75.4 Å². The molecule has 2 aliphatic rings. The van der Waals surface area contributed by atoms with E-state index >= 15 is 0 Å². The third kappa shape index (κ3) is 3.64. The smallest absolute Gasteiger partial charge is 0.231 e. The zero-order valence-corrected chi connectivity index (χ0v) is 13.0. The van der Waals surface area contributed by atoms with Gasteiger partial charge >= 0.3 is 0 Å². The van der Waals surface area contributed by atoms with Gasteiger partial charge in [-0.15, -0.1) is 0 Å². The third-order valence-electron chi connectivity index (χ3n) is 4.84. The minimum atomic E-state index is 0.383. The molecular formula is C16H27N3O2. The molecule has 0 radical (unpaired) electrons. The molecule has 1 aromatic rings. The van der Waals surface area contributed by atoms with Crippen LogP contribution in [0.5, 0.6) is 0 Å². The van der Waals surface area contributed by atoms with Crippen molar-refractivity contribution in [1.29, 1.82) is 0 Å². The molecule has 0 amide bonds. The van der Waals surface area contributed by atoms with Gasteiger partial charge < -0.3 is 14.6 Å². The summed E-state index contributed by atoms with van der Waals surface area (Å²) in [5, 5.41) is 7.88. The van der Waals surface area contributed by atoms with Crippen LogP contribution in [0, 0.1) is 0 Å². The minimum absolute atomic E-state index is 0.383. The van der Waals surface area contributed by atoms with Crippen LogP contribution in [-0.4, -0.2) is 35.9 Å². The van der Waals surface area contributed by atoms with Crippen LogP contribution in [0.25, 0.3) is 0 Å². The summed E-state index contributed by atoms with van der Waals surface area (Å²) in [5.41, 5.74) is 0. The zero-order valence-electron chi connectivity index (χ0n) is 13.0. The summed E-state index contributed by atoms with van der Waals surface area (Å²) >= 11 is 0. The molecule has 1 saturated carbocycles. The van der Waals surface area contributed by atoms with Gasteiger partial charge in [-0.3, -0.25) is 0 Å². The first-order valence-electron chi connectivity index (χ1n) is 8.53. The molecule has 1 aliphatic carbocycles. The molecule has 0 aromatic carbocycles. The largest absolute Gasteiger partial charge is 0.381 e. The zero-order chi connectivity index (χ0) is 14.5. The number of aromatic nitrogens is 2. The number of nitrogens with zero attached hydrogens (tertiary/aromatic N) is 2. The van der Waals surface area contributed by atoms with E-state index in [-0.39, 0.29) is 0 Å². The van der Waals surface area contributed by atoms with Gasteiger partial charge in [0.05, 0.1) is 5.92 Å². The van der Waals surface area contributed by atoms with Crippen molar-refractivity contribution in [2.75, 3.05) is 19.8 Å². The lowest BCUT2D eigenvalue weighted by atomic mass is 9.94. The second-order valence-electron chi connectivity index (χ2n) is 6.29. The van der Waals surface area contributed by atoms with E-state index < -0.39 is 0 Å². The van der Waals surface area contributed by atoms with Crippen molar-refractivity contribution in [3.63, 3.8) is 0 Å². The SMILES string of the molecule is CCNC1CCCCCC1c1nc(C2CCOCC2)no1. The van der Waals surface area contributed by atoms with Gasteiger partial charge in [0.1, 0.15) is 0 Å². The van der Waals surface area contributed by atoms with Gasteiger partial charge in [-0.2, -0.15) is 4.98 Å². The van der Waals surface area contributed by atoms with Crippen molar-refractivity contribution in [2.24, 2.45) is 0 Å². The number of rotatable bonds is 4. The van der Waals surface area contributed by atoms with Gasteiger partial charge in [0.2, 0.25) is 5.89 Å². The molecule has 118 valence electrons. The van der Waals surface area contributed by atoms with Crippen LogP contribution in [0.2, 0.25) is 0 Å². The first-order chi connectivity index (χ1) is 10.4. The molecule has 21 heavy (non-hydrogen) atoms. The summed E-state index contributed by atoms with van der Waals surface area (Å²) in [5.74, 6) is 2.55. The maximum atomic E-state index is 5.65. The number of nitrogens with one attached hydrogen (secondary N) is 1. The normalized spacial score (nSPS) is 28.4. The van der Waals surface area contributed by atoms with Gasteiger partial charge in [-0.05, 0) is 32.2 Å². The Morgan fingerprint density at radius 2 is 1.90 bits per heavy atom. The van der Waals surface area contributed by atoms with Crippen molar-refractivity contribution in [1.82, 2.24) is 15.5 Å². The van der Waals surface area contributed by atoms with E-state index in [0.717, 1.165) is 50.7 Å². The van der Waals surface area contributed by atoms with E-state index in [1.165, 1.54) is 25.7 Å². The lowest BCUT2D eigenvalue weighted by Gasteiger charge is -2.22. The molecule has 1 aliphatic heterocycles. The molecule has 2 atom stereocenters. The molecular weight excluding hydrogens is 266 g/mol. The van der Waals surface area contributed by atoms with Crippen LogP contribution < -0.4 is 5.32 Å². The molecule has 2 fully saturated rings.